The van der Waals surface area contributed by atoms with E-state index in [1.807, 2.05) is 31.2 Å². The quantitative estimate of drug-likeness (QED) is 0.164. The number of nitrogens with one attached hydrogen (secondary N) is 3. The second-order valence-corrected chi connectivity index (χ2v) is 11.5. The van der Waals surface area contributed by atoms with E-state index < -0.39 is 11.6 Å². The fraction of sp³-hybridized carbons (Fsp3) is 0.303. The van der Waals surface area contributed by atoms with Crippen molar-refractivity contribution in [1.82, 2.24) is 10.2 Å². The van der Waals surface area contributed by atoms with Gasteiger partial charge in [-0.15, -0.1) is 0 Å². The van der Waals surface area contributed by atoms with Crippen LogP contribution in [-0.4, -0.2) is 75.6 Å². The Hall–Kier alpha value is -4.68. The highest BCUT2D eigenvalue weighted by molar-refractivity contribution is 8.06. The molecule has 0 spiro atoms. The van der Waals surface area contributed by atoms with Gasteiger partial charge in [0.15, 0.2) is 0 Å². The van der Waals surface area contributed by atoms with Crippen LogP contribution >= 0.6 is 11.8 Å². The molecule has 0 unspecified atom stereocenters. The van der Waals surface area contributed by atoms with Gasteiger partial charge in [0.2, 0.25) is 0 Å². The van der Waals surface area contributed by atoms with Gasteiger partial charge < -0.3 is 30.7 Å². The van der Waals surface area contributed by atoms with Crippen molar-refractivity contribution < 1.29 is 23.9 Å². The third kappa shape index (κ3) is 9.65. The summed E-state index contributed by atoms with van der Waals surface area (Å²) in [6.45, 7) is 6.88. The molecule has 0 atom stereocenters. The lowest BCUT2D eigenvalue weighted by atomic mass is 10.0. The molecule has 1 aliphatic rings. The normalized spacial score (nSPS) is 13.6. The van der Waals surface area contributed by atoms with Crippen LogP contribution in [0.4, 0.5) is 5.69 Å². The number of allylic oxidation sites excluding steroid dienone is 1. The van der Waals surface area contributed by atoms with Gasteiger partial charge in [-0.25, -0.2) is 0 Å². The summed E-state index contributed by atoms with van der Waals surface area (Å²) in [6.07, 6.45) is 4.79. The van der Waals surface area contributed by atoms with E-state index in [0.29, 0.717) is 35.7 Å². The van der Waals surface area contributed by atoms with Gasteiger partial charge in [-0.2, -0.15) is 4.99 Å². The van der Waals surface area contributed by atoms with E-state index in [1.165, 1.54) is 32.0 Å². The molecule has 11 nitrogen and oxygen atoms in total. The highest BCUT2D eigenvalue weighted by Crippen LogP contribution is 2.37. The number of amides is 3. The Morgan fingerprint density at radius 3 is 2.44 bits per heavy atom. The molecule has 3 amide bonds. The summed E-state index contributed by atoms with van der Waals surface area (Å²) in [4.78, 5) is 45.0. The number of hydrogen-bond donors (Lipinski definition) is 4. The molecule has 2 aromatic rings. The molecule has 238 valence electrons. The number of anilines is 1. The number of hydrogen-bond acceptors (Lipinski definition) is 8. The average Bonchev–Trinajstić information content (AvgIpc) is 3.89. The Kier molecular flexibility index (Phi) is 12.7. The zero-order valence-electron chi connectivity index (χ0n) is 26.2. The van der Waals surface area contributed by atoms with E-state index >= 15 is 0 Å². The van der Waals surface area contributed by atoms with E-state index in [1.54, 1.807) is 43.3 Å². The minimum atomic E-state index is -0.658. The number of thioether (sulfide) groups is 1. The SMILES string of the molecule is C=C(CN(C)C(=O)c1ccc(-c2cccc(N/C(=C/C(N)=NC(=O)C3CC3)C(=N)C(=O)NC)c2OC)cc1)S/C(=C\C)COC. The van der Waals surface area contributed by atoms with Gasteiger partial charge in [0.25, 0.3) is 17.7 Å². The van der Waals surface area contributed by atoms with Crippen molar-refractivity contribution in [3.8, 4) is 16.9 Å². The maximum absolute atomic E-state index is 13.1. The summed E-state index contributed by atoms with van der Waals surface area (Å²) in [5, 5.41) is 13.9. The van der Waals surface area contributed by atoms with Crippen molar-refractivity contribution in [2.75, 3.05) is 46.8 Å². The number of para-hydroxylation sites is 1. The smallest absolute Gasteiger partial charge is 0.271 e. The number of carbonyl (C=O) groups excluding carboxylic acids is 3. The Morgan fingerprint density at radius 1 is 1.18 bits per heavy atom. The number of aliphatic imine (C=N–C) groups is 1. The van der Waals surface area contributed by atoms with Crippen LogP contribution in [-0.2, 0) is 14.3 Å². The van der Waals surface area contributed by atoms with Gasteiger partial charge in [0, 0.05) is 54.1 Å². The first-order chi connectivity index (χ1) is 21.5. The maximum atomic E-state index is 13.1. The van der Waals surface area contributed by atoms with E-state index in [9.17, 15) is 14.4 Å². The van der Waals surface area contributed by atoms with Gasteiger partial charge in [-0.05, 0) is 43.5 Å². The molecule has 0 radical (unpaired) electrons. The van der Waals surface area contributed by atoms with Gasteiger partial charge in [-0.3, -0.25) is 19.8 Å². The Labute approximate surface area is 268 Å². The van der Waals surface area contributed by atoms with Crippen molar-refractivity contribution in [3.63, 3.8) is 0 Å². The van der Waals surface area contributed by atoms with Gasteiger partial charge >= 0.3 is 0 Å². The van der Waals surface area contributed by atoms with E-state index in [4.69, 9.17) is 20.6 Å². The predicted molar refractivity (Wildman–Crippen MR) is 181 cm³/mol. The highest BCUT2D eigenvalue weighted by atomic mass is 32.2. The summed E-state index contributed by atoms with van der Waals surface area (Å²) in [5.74, 6) is -0.949. The minimum absolute atomic E-state index is 0.0298. The van der Waals surface area contributed by atoms with Crippen molar-refractivity contribution in [2.24, 2.45) is 16.6 Å². The molecule has 12 heteroatoms. The largest absolute Gasteiger partial charge is 0.494 e. The number of rotatable bonds is 15. The summed E-state index contributed by atoms with van der Waals surface area (Å²) >= 11 is 1.49. The van der Waals surface area contributed by atoms with Crippen LogP contribution in [0.15, 0.2) is 81.7 Å². The number of benzene rings is 2. The second-order valence-electron chi connectivity index (χ2n) is 10.2. The molecule has 0 bridgehead atoms. The van der Waals surface area contributed by atoms with Crippen molar-refractivity contribution in [3.05, 3.63) is 82.3 Å². The molecule has 0 heterocycles. The number of nitrogens with zero attached hydrogens (tertiary/aromatic N) is 2. The lowest BCUT2D eigenvalue weighted by Crippen LogP contribution is -2.31. The van der Waals surface area contributed by atoms with Crippen LogP contribution in [0, 0.1) is 11.3 Å². The minimum Gasteiger partial charge on any atom is -0.494 e. The fourth-order valence-electron chi connectivity index (χ4n) is 4.26. The number of ether oxygens (including phenoxy) is 2. The fourth-order valence-corrected chi connectivity index (χ4v) is 5.18. The first kappa shape index (κ1) is 34.8. The monoisotopic (exact) mass is 632 g/mol. The maximum Gasteiger partial charge on any atom is 0.271 e. The standard InChI is InChI=1S/C33H40N6O5S/c1-7-24(19-43-5)45-20(2)18-39(4)33(42)23-15-11-21(12-16-23)25-9-8-10-26(30(25)44-6)37-27(29(35)32(41)36-3)17-28(34)38-31(40)22-13-14-22/h7-12,15-17,22,35,37H,2,13-14,18-19H2,1,3-6H3,(H,36,41)(H2,34,38,40)/b24-7-,27-17+,35-29?. The Morgan fingerprint density at radius 2 is 1.87 bits per heavy atom. The molecular formula is C33H40N6O5S. The highest BCUT2D eigenvalue weighted by Gasteiger charge is 2.29. The zero-order chi connectivity index (χ0) is 33.1. The predicted octanol–water partition coefficient (Wildman–Crippen LogP) is 4.59. The Balaban J connectivity index is 1.84. The molecule has 45 heavy (non-hydrogen) atoms. The summed E-state index contributed by atoms with van der Waals surface area (Å²) in [7, 11) is 6.28. The lowest BCUT2D eigenvalue weighted by molar-refractivity contribution is -0.119. The zero-order valence-corrected chi connectivity index (χ0v) is 27.0. The van der Waals surface area contributed by atoms with Crippen molar-refractivity contribution in [1.29, 1.82) is 5.41 Å². The summed E-state index contributed by atoms with van der Waals surface area (Å²) < 4.78 is 10.9. The number of methoxy groups -OCH3 is 2. The summed E-state index contributed by atoms with van der Waals surface area (Å²) in [6, 6.07) is 12.5. The number of likely N-dealkylation sites (N-methyl/N-ethyl adjacent to an activating group) is 1. The van der Waals surface area contributed by atoms with Crippen LogP contribution in [0.3, 0.4) is 0 Å². The van der Waals surface area contributed by atoms with E-state index in [0.717, 1.165) is 28.2 Å². The molecule has 2 aromatic carbocycles. The van der Waals surface area contributed by atoms with Crippen molar-refractivity contribution >= 4 is 46.7 Å². The first-order valence-corrected chi connectivity index (χ1v) is 15.0. The van der Waals surface area contributed by atoms with Crippen LogP contribution in [0.1, 0.15) is 30.1 Å². The Bertz CT molecular complexity index is 1540. The molecule has 3 rings (SSSR count). The van der Waals surface area contributed by atoms with Gasteiger partial charge in [0.1, 0.15) is 17.3 Å². The molecule has 0 aromatic heterocycles. The lowest BCUT2D eigenvalue weighted by Gasteiger charge is -2.20. The van der Waals surface area contributed by atoms with Gasteiger partial charge in [-0.1, -0.05) is 48.7 Å². The van der Waals surface area contributed by atoms with Crippen LogP contribution in [0.25, 0.3) is 11.1 Å². The van der Waals surface area contributed by atoms with E-state index in [-0.39, 0.29) is 29.3 Å². The van der Waals surface area contributed by atoms with Crippen LogP contribution in [0.2, 0.25) is 0 Å². The third-order valence-corrected chi connectivity index (χ3v) is 7.79. The molecule has 0 aliphatic heterocycles. The van der Waals surface area contributed by atoms with Crippen molar-refractivity contribution in [2.45, 2.75) is 19.8 Å². The number of nitrogens with two attached hydrogens (primary N) is 1. The molecule has 1 aliphatic carbocycles. The average molecular weight is 633 g/mol. The first-order valence-electron chi connectivity index (χ1n) is 14.2. The van der Waals surface area contributed by atoms with E-state index in [2.05, 4.69) is 22.2 Å². The third-order valence-electron chi connectivity index (χ3n) is 6.76. The molecule has 1 fully saturated rings. The number of amidine groups is 1. The molecular weight excluding hydrogens is 592 g/mol. The van der Waals surface area contributed by atoms with Gasteiger partial charge in [0.05, 0.1) is 31.6 Å². The molecule has 1 saturated carbocycles. The molecule has 0 saturated heterocycles. The molecule has 5 N–H and O–H groups in total. The summed E-state index contributed by atoms with van der Waals surface area (Å²) in [5.41, 5.74) is 8.05. The van der Waals surface area contributed by atoms with Crippen LogP contribution < -0.4 is 21.1 Å². The topological polar surface area (TPSA) is 159 Å². The van der Waals surface area contributed by atoms with Crippen LogP contribution in [0.5, 0.6) is 5.75 Å². The second kappa shape index (κ2) is 16.4. The number of carbonyl (C=O) groups is 3.